The summed E-state index contributed by atoms with van der Waals surface area (Å²) in [5, 5.41) is 5.90. The minimum atomic E-state index is -1.26. The van der Waals surface area contributed by atoms with Gasteiger partial charge >= 0.3 is 0 Å². The van der Waals surface area contributed by atoms with Crippen LogP contribution in [0.25, 0.3) is 0 Å². The quantitative estimate of drug-likeness (QED) is 0.793. The first-order valence-corrected chi connectivity index (χ1v) is 8.24. The molecule has 0 unspecified atom stereocenters. The van der Waals surface area contributed by atoms with Crippen LogP contribution >= 0.6 is 11.6 Å². The number of hydrogen-bond acceptors (Lipinski definition) is 3. The molecule has 0 aromatic heterocycles. The van der Waals surface area contributed by atoms with Gasteiger partial charge in [-0.25, -0.2) is 0 Å². The number of carbonyl (C=O) groups excluding carboxylic acids is 2. The van der Waals surface area contributed by atoms with Gasteiger partial charge in [-0.3, -0.25) is 9.59 Å². The summed E-state index contributed by atoms with van der Waals surface area (Å²) >= 11 is 6.05. The fourth-order valence-corrected chi connectivity index (χ4v) is 2.26. The van der Waals surface area contributed by atoms with E-state index in [0.717, 1.165) is 5.69 Å². The average Bonchev–Trinajstić information content (AvgIpc) is 2.57. The summed E-state index contributed by atoms with van der Waals surface area (Å²) in [6.45, 7) is 3.14. The molecule has 2 aromatic carbocycles. The molecule has 0 aliphatic carbocycles. The Hall–Kier alpha value is -2.53. The molecule has 25 heavy (non-hydrogen) atoms. The molecule has 0 radical (unpaired) electrons. The van der Waals surface area contributed by atoms with E-state index in [-0.39, 0.29) is 0 Å². The van der Waals surface area contributed by atoms with E-state index < -0.39 is 17.2 Å². The average molecular weight is 360 g/mol. The van der Waals surface area contributed by atoms with E-state index in [0.29, 0.717) is 16.4 Å². The van der Waals surface area contributed by atoms with Crippen molar-refractivity contribution >= 4 is 40.5 Å². The zero-order valence-electron chi connectivity index (χ0n) is 14.8. The maximum absolute atomic E-state index is 12.6. The Balaban J connectivity index is 2.08. The second-order valence-electron chi connectivity index (χ2n) is 6.45. The van der Waals surface area contributed by atoms with Crippen LogP contribution < -0.4 is 15.5 Å². The minimum Gasteiger partial charge on any atom is -0.378 e. The van der Waals surface area contributed by atoms with Crippen molar-refractivity contribution in [2.24, 2.45) is 5.41 Å². The standard InChI is InChI=1S/C19H22ClN3O2/c1-19(2,18(25)22-16-8-6-5-7-15(16)20)17(24)21-13-9-11-14(12-10-13)23(3)4/h5-12H,1-4H3,(H,21,24)(H,22,25). The molecular weight excluding hydrogens is 338 g/mol. The van der Waals surface area contributed by atoms with Gasteiger partial charge in [-0.1, -0.05) is 23.7 Å². The minimum absolute atomic E-state index is 0.394. The number of nitrogens with zero attached hydrogens (tertiary/aromatic N) is 1. The third-order valence-corrected chi connectivity index (χ3v) is 4.23. The maximum Gasteiger partial charge on any atom is 0.239 e. The molecule has 0 saturated carbocycles. The van der Waals surface area contributed by atoms with Crippen molar-refractivity contribution in [2.45, 2.75) is 13.8 Å². The number of hydrogen-bond donors (Lipinski definition) is 2. The van der Waals surface area contributed by atoms with Crippen molar-refractivity contribution in [3.05, 3.63) is 53.6 Å². The summed E-state index contributed by atoms with van der Waals surface area (Å²) in [4.78, 5) is 27.0. The molecular formula is C19H22ClN3O2. The number of benzene rings is 2. The zero-order chi connectivity index (χ0) is 18.6. The first kappa shape index (κ1) is 18.8. The predicted molar refractivity (Wildman–Crippen MR) is 103 cm³/mol. The van der Waals surface area contributed by atoms with E-state index in [9.17, 15) is 9.59 Å². The van der Waals surface area contributed by atoms with Crippen LogP contribution in [0.1, 0.15) is 13.8 Å². The van der Waals surface area contributed by atoms with Crippen LogP contribution in [0.4, 0.5) is 17.1 Å². The molecule has 0 aliphatic rings. The first-order chi connectivity index (χ1) is 11.7. The number of amides is 2. The van der Waals surface area contributed by atoms with Crippen molar-refractivity contribution in [1.29, 1.82) is 0 Å². The summed E-state index contributed by atoms with van der Waals surface area (Å²) in [6, 6.07) is 14.3. The lowest BCUT2D eigenvalue weighted by Gasteiger charge is -2.23. The van der Waals surface area contributed by atoms with Gasteiger partial charge < -0.3 is 15.5 Å². The van der Waals surface area contributed by atoms with E-state index >= 15 is 0 Å². The largest absolute Gasteiger partial charge is 0.378 e. The highest BCUT2D eigenvalue weighted by atomic mass is 35.5. The lowest BCUT2D eigenvalue weighted by molar-refractivity contribution is -0.135. The summed E-state index contributed by atoms with van der Waals surface area (Å²) in [5.74, 6) is -0.822. The van der Waals surface area contributed by atoms with Crippen LogP contribution in [0.2, 0.25) is 5.02 Å². The molecule has 2 aromatic rings. The molecule has 5 nitrogen and oxygen atoms in total. The van der Waals surface area contributed by atoms with Crippen LogP contribution in [0.5, 0.6) is 0 Å². The topological polar surface area (TPSA) is 61.4 Å². The summed E-state index contributed by atoms with van der Waals surface area (Å²) < 4.78 is 0. The van der Waals surface area contributed by atoms with Crippen molar-refractivity contribution in [3.8, 4) is 0 Å². The fourth-order valence-electron chi connectivity index (χ4n) is 2.07. The highest BCUT2D eigenvalue weighted by Gasteiger charge is 2.36. The van der Waals surface area contributed by atoms with Gasteiger partial charge in [-0.05, 0) is 50.2 Å². The second kappa shape index (κ2) is 7.57. The Kier molecular flexibility index (Phi) is 5.69. The van der Waals surface area contributed by atoms with E-state index in [1.807, 2.05) is 31.1 Å². The zero-order valence-corrected chi connectivity index (χ0v) is 15.5. The van der Waals surface area contributed by atoms with Crippen molar-refractivity contribution in [2.75, 3.05) is 29.6 Å². The van der Waals surface area contributed by atoms with Gasteiger partial charge in [0.1, 0.15) is 5.41 Å². The van der Waals surface area contributed by atoms with Crippen LogP contribution in [0.15, 0.2) is 48.5 Å². The lowest BCUT2D eigenvalue weighted by Crippen LogP contribution is -2.41. The molecule has 0 spiro atoms. The summed E-state index contributed by atoms with van der Waals surface area (Å²) in [7, 11) is 3.88. The smallest absolute Gasteiger partial charge is 0.239 e. The molecule has 0 bridgehead atoms. The highest BCUT2D eigenvalue weighted by molar-refractivity contribution is 6.34. The first-order valence-electron chi connectivity index (χ1n) is 7.86. The van der Waals surface area contributed by atoms with Crippen LogP contribution in [-0.2, 0) is 9.59 Å². The predicted octanol–water partition coefficient (Wildman–Crippen LogP) is 4.01. The molecule has 2 rings (SSSR count). The summed E-state index contributed by atoms with van der Waals surface area (Å²) in [6.07, 6.45) is 0. The Morgan fingerprint density at radius 3 is 2.04 bits per heavy atom. The van der Waals surface area contributed by atoms with Crippen molar-refractivity contribution in [1.82, 2.24) is 0 Å². The normalized spacial score (nSPS) is 10.9. The van der Waals surface area contributed by atoms with Crippen LogP contribution in [0.3, 0.4) is 0 Å². The number of carbonyl (C=O) groups is 2. The van der Waals surface area contributed by atoms with Crippen molar-refractivity contribution in [3.63, 3.8) is 0 Å². The molecule has 0 fully saturated rings. The van der Waals surface area contributed by atoms with Gasteiger partial charge in [0.05, 0.1) is 10.7 Å². The Bertz CT molecular complexity index is 770. The summed E-state index contributed by atoms with van der Waals surface area (Å²) in [5.41, 5.74) is 0.868. The van der Waals surface area contributed by atoms with Gasteiger partial charge in [-0.2, -0.15) is 0 Å². The molecule has 132 valence electrons. The van der Waals surface area contributed by atoms with Crippen molar-refractivity contribution < 1.29 is 9.59 Å². The Labute approximate surface area is 153 Å². The molecule has 0 saturated heterocycles. The van der Waals surface area contributed by atoms with Gasteiger partial charge in [0.25, 0.3) is 0 Å². The lowest BCUT2D eigenvalue weighted by atomic mass is 9.90. The second-order valence-corrected chi connectivity index (χ2v) is 6.86. The van der Waals surface area contributed by atoms with E-state index in [1.54, 1.807) is 50.2 Å². The number of para-hydroxylation sites is 1. The third-order valence-electron chi connectivity index (χ3n) is 3.90. The maximum atomic E-state index is 12.6. The molecule has 0 heterocycles. The number of anilines is 3. The molecule has 0 aliphatic heterocycles. The third kappa shape index (κ3) is 4.51. The van der Waals surface area contributed by atoms with Gasteiger partial charge in [0.15, 0.2) is 0 Å². The van der Waals surface area contributed by atoms with Gasteiger partial charge in [0, 0.05) is 25.5 Å². The van der Waals surface area contributed by atoms with E-state index in [2.05, 4.69) is 10.6 Å². The molecule has 0 atom stereocenters. The number of rotatable bonds is 5. The Morgan fingerprint density at radius 2 is 1.48 bits per heavy atom. The fraction of sp³-hybridized carbons (Fsp3) is 0.263. The van der Waals surface area contributed by atoms with Gasteiger partial charge in [-0.15, -0.1) is 0 Å². The molecule has 2 amide bonds. The number of nitrogens with one attached hydrogen (secondary N) is 2. The highest BCUT2D eigenvalue weighted by Crippen LogP contribution is 2.26. The molecule has 6 heteroatoms. The Morgan fingerprint density at radius 1 is 0.920 bits per heavy atom. The van der Waals surface area contributed by atoms with E-state index in [1.165, 1.54) is 0 Å². The SMILES string of the molecule is CN(C)c1ccc(NC(=O)C(C)(C)C(=O)Nc2ccccc2Cl)cc1. The van der Waals surface area contributed by atoms with Crippen LogP contribution in [-0.4, -0.2) is 25.9 Å². The van der Waals surface area contributed by atoms with Crippen LogP contribution in [0, 0.1) is 5.41 Å². The van der Waals surface area contributed by atoms with Gasteiger partial charge in [0.2, 0.25) is 11.8 Å². The van der Waals surface area contributed by atoms with E-state index in [4.69, 9.17) is 11.6 Å². The number of halogens is 1. The molecule has 2 N–H and O–H groups in total. The monoisotopic (exact) mass is 359 g/mol.